The molecule has 0 aliphatic rings. The van der Waals surface area contributed by atoms with E-state index in [-0.39, 0.29) is 5.57 Å². The minimum atomic E-state index is -0.515. The molecule has 0 atom stereocenters. The number of hydrogen-bond acceptors (Lipinski definition) is 5. The number of nitriles is 1. The molecule has 2 aromatic carbocycles. The van der Waals surface area contributed by atoms with E-state index >= 15 is 0 Å². The Labute approximate surface area is 168 Å². The number of carbonyl (C=O) groups excluding carboxylic acids is 2. The van der Waals surface area contributed by atoms with Gasteiger partial charge in [-0.25, -0.2) is 4.79 Å². The number of anilines is 1. The lowest BCUT2D eigenvalue weighted by Gasteiger charge is -2.04. The first-order valence-electron chi connectivity index (χ1n) is 8.78. The van der Waals surface area contributed by atoms with Crippen molar-refractivity contribution in [1.82, 2.24) is 0 Å². The van der Waals surface area contributed by atoms with Crippen molar-refractivity contribution < 1.29 is 18.7 Å². The van der Waals surface area contributed by atoms with Gasteiger partial charge in [-0.15, -0.1) is 0 Å². The molecule has 29 heavy (non-hydrogen) atoms. The van der Waals surface area contributed by atoms with Gasteiger partial charge in [-0.3, -0.25) is 4.79 Å². The zero-order chi connectivity index (χ0) is 20.8. The number of hydrogen-bond donors (Lipinski definition) is 1. The predicted octanol–water partition coefficient (Wildman–Crippen LogP) is 4.59. The van der Waals surface area contributed by atoms with Crippen molar-refractivity contribution in [3.63, 3.8) is 0 Å². The number of aryl methyl sites for hydroxylation is 1. The number of nitrogens with one attached hydrogen (secondary N) is 1. The Morgan fingerprint density at radius 1 is 1.10 bits per heavy atom. The first kappa shape index (κ1) is 19.6. The van der Waals surface area contributed by atoms with Gasteiger partial charge in [0.15, 0.2) is 0 Å². The van der Waals surface area contributed by atoms with E-state index in [0.29, 0.717) is 22.8 Å². The summed E-state index contributed by atoms with van der Waals surface area (Å²) in [4.78, 5) is 23.9. The molecule has 0 spiro atoms. The molecule has 1 N–H and O–H groups in total. The minimum Gasteiger partial charge on any atom is -0.465 e. The smallest absolute Gasteiger partial charge is 0.337 e. The molecule has 144 valence electrons. The summed E-state index contributed by atoms with van der Waals surface area (Å²) >= 11 is 0. The number of amides is 1. The van der Waals surface area contributed by atoms with Crippen LogP contribution in [0.2, 0.25) is 0 Å². The number of methoxy groups -OCH3 is 1. The molecule has 0 saturated heterocycles. The molecule has 0 radical (unpaired) electrons. The highest BCUT2D eigenvalue weighted by Gasteiger charge is 2.12. The molecule has 1 aromatic heterocycles. The van der Waals surface area contributed by atoms with Gasteiger partial charge in [0.25, 0.3) is 5.91 Å². The molecule has 3 aromatic rings. The number of furan rings is 1. The molecule has 0 aliphatic heterocycles. The SMILES string of the molecule is COC(=O)c1ccc(-c2ccc(/C=C(/C#N)C(=O)Nc3cccc(C)c3)o2)cc1. The molecule has 1 amide bonds. The van der Waals surface area contributed by atoms with Gasteiger partial charge in [0, 0.05) is 17.3 Å². The van der Waals surface area contributed by atoms with Crippen LogP contribution in [0.4, 0.5) is 5.69 Å². The molecule has 3 rings (SSSR count). The Morgan fingerprint density at radius 2 is 1.86 bits per heavy atom. The van der Waals surface area contributed by atoms with Crippen LogP contribution < -0.4 is 5.32 Å². The van der Waals surface area contributed by atoms with Crippen LogP contribution in [0, 0.1) is 18.3 Å². The average Bonchev–Trinajstić information content (AvgIpc) is 3.20. The Kier molecular flexibility index (Phi) is 5.91. The van der Waals surface area contributed by atoms with E-state index in [1.165, 1.54) is 13.2 Å². The van der Waals surface area contributed by atoms with Crippen LogP contribution in [0.5, 0.6) is 0 Å². The van der Waals surface area contributed by atoms with E-state index in [4.69, 9.17) is 4.42 Å². The average molecular weight is 386 g/mol. The summed E-state index contributed by atoms with van der Waals surface area (Å²) in [6.45, 7) is 1.92. The van der Waals surface area contributed by atoms with E-state index in [0.717, 1.165) is 11.1 Å². The summed E-state index contributed by atoms with van der Waals surface area (Å²) in [6, 6.07) is 19.3. The van der Waals surface area contributed by atoms with Crippen molar-refractivity contribution in [2.24, 2.45) is 0 Å². The third-order valence-corrected chi connectivity index (χ3v) is 4.14. The Morgan fingerprint density at radius 3 is 2.52 bits per heavy atom. The van der Waals surface area contributed by atoms with E-state index < -0.39 is 11.9 Å². The summed E-state index contributed by atoms with van der Waals surface area (Å²) in [5, 5.41) is 12.1. The van der Waals surface area contributed by atoms with Crippen LogP contribution in [0.25, 0.3) is 17.4 Å². The lowest BCUT2D eigenvalue weighted by molar-refractivity contribution is -0.112. The second-order valence-corrected chi connectivity index (χ2v) is 6.26. The predicted molar refractivity (Wildman–Crippen MR) is 109 cm³/mol. The van der Waals surface area contributed by atoms with Crippen LogP contribution in [0.3, 0.4) is 0 Å². The monoisotopic (exact) mass is 386 g/mol. The summed E-state index contributed by atoms with van der Waals surface area (Å²) in [5.41, 5.74) is 2.72. The van der Waals surface area contributed by atoms with Crippen LogP contribution in [-0.4, -0.2) is 19.0 Å². The first-order chi connectivity index (χ1) is 14.0. The van der Waals surface area contributed by atoms with Gasteiger partial charge in [-0.05, 0) is 48.9 Å². The highest BCUT2D eigenvalue weighted by atomic mass is 16.5. The zero-order valence-electron chi connectivity index (χ0n) is 15.9. The maximum atomic E-state index is 12.4. The fraction of sp³-hybridized carbons (Fsp3) is 0.0870. The van der Waals surface area contributed by atoms with Gasteiger partial charge >= 0.3 is 5.97 Å². The second-order valence-electron chi connectivity index (χ2n) is 6.26. The number of ether oxygens (including phenoxy) is 1. The Balaban J connectivity index is 1.77. The lowest BCUT2D eigenvalue weighted by atomic mass is 10.1. The Bertz CT molecular complexity index is 1120. The number of benzene rings is 2. The van der Waals surface area contributed by atoms with Crippen LogP contribution in [-0.2, 0) is 9.53 Å². The molecule has 0 saturated carbocycles. The van der Waals surface area contributed by atoms with Crippen LogP contribution in [0.1, 0.15) is 21.7 Å². The lowest BCUT2D eigenvalue weighted by Crippen LogP contribution is -2.13. The summed E-state index contributed by atoms with van der Waals surface area (Å²) < 4.78 is 10.4. The largest absolute Gasteiger partial charge is 0.465 e. The molecular formula is C23H18N2O4. The topological polar surface area (TPSA) is 92.3 Å². The quantitative estimate of drug-likeness (QED) is 0.393. The van der Waals surface area contributed by atoms with Gasteiger partial charge < -0.3 is 14.5 Å². The van der Waals surface area contributed by atoms with Gasteiger partial charge in [-0.2, -0.15) is 5.26 Å². The molecular weight excluding hydrogens is 368 g/mol. The van der Waals surface area contributed by atoms with E-state index in [9.17, 15) is 14.9 Å². The van der Waals surface area contributed by atoms with E-state index in [1.54, 1.807) is 42.5 Å². The van der Waals surface area contributed by atoms with Gasteiger partial charge in [0.2, 0.25) is 0 Å². The molecule has 6 heteroatoms. The van der Waals surface area contributed by atoms with Crippen LogP contribution in [0.15, 0.2) is 70.7 Å². The fourth-order valence-electron chi connectivity index (χ4n) is 2.69. The van der Waals surface area contributed by atoms with Gasteiger partial charge in [-0.1, -0.05) is 24.3 Å². The normalized spacial score (nSPS) is 10.9. The number of nitrogens with zero attached hydrogens (tertiary/aromatic N) is 1. The van der Waals surface area contributed by atoms with Gasteiger partial charge in [0.1, 0.15) is 23.2 Å². The van der Waals surface area contributed by atoms with E-state index in [1.807, 2.05) is 31.2 Å². The molecule has 0 aliphatic carbocycles. The molecule has 0 bridgehead atoms. The van der Waals surface area contributed by atoms with Crippen LogP contribution >= 0.6 is 0 Å². The zero-order valence-corrected chi connectivity index (χ0v) is 15.9. The Hall–Kier alpha value is -4.11. The maximum absolute atomic E-state index is 12.4. The minimum absolute atomic E-state index is 0.0755. The third kappa shape index (κ3) is 4.79. The first-order valence-corrected chi connectivity index (χ1v) is 8.78. The number of carbonyl (C=O) groups is 2. The summed E-state index contributed by atoms with van der Waals surface area (Å²) in [6.07, 6.45) is 1.39. The van der Waals surface area contributed by atoms with Crippen molar-refractivity contribution >= 4 is 23.6 Å². The molecule has 6 nitrogen and oxygen atoms in total. The highest BCUT2D eigenvalue weighted by molar-refractivity contribution is 6.09. The van der Waals surface area contributed by atoms with Crippen molar-refractivity contribution in [2.75, 3.05) is 12.4 Å². The van der Waals surface area contributed by atoms with Crippen molar-refractivity contribution in [2.45, 2.75) is 6.92 Å². The third-order valence-electron chi connectivity index (χ3n) is 4.14. The molecule has 0 unspecified atom stereocenters. The number of esters is 1. The molecule has 1 heterocycles. The van der Waals surface area contributed by atoms with Crippen molar-refractivity contribution in [3.8, 4) is 17.4 Å². The van der Waals surface area contributed by atoms with Crippen molar-refractivity contribution in [1.29, 1.82) is 5.26 Å². The fourth-order valence-corrected chi connectivity index (χ4v) is 2.69. The number of rotatable bonds is 5. The summed E-state index contributed by atoms with van der Waals surface area (Å²) in [7, 11) is 1.32. The highest BCUT2D eigenvalue weighted by Crippen LogP contribution is 2.24. The van der Waals surface area contributed by atoms with E-state index in [2.05, 4.69) is 10.1 Å². The maximum Gasteiger partial charge on any atom is 0.337 e. The summed E-state index contributed by atoms with van der Waals surface area (Å²) in [5.74, 6) is -0.0200. The second kappa shape index (κ2) is 8.72. The van der Waals surface area contributed by atoms with Crippen molar-refractivity contribution in [3.05, 3.63) is 83.1 Å². The molecule has 0 fully saturated rings. The standard InChI is InChI=1S/C23H18N2O4/c1-15-4-3-5-19(12-15)25-22(26)18(14-24)13-20-10-11-21(29-20)16-6-8-17(9-7-16)23(27)28-2/h3-13H,1-2H3,(H,25,26)/b18-13-. The van der Waals surface area contributed by atoms with Gasteiger partial charge in [0.05, 0.1) is 12.7 Å².